The molecular formula is C11H16O3. The lowest BCUT2D eigenvalue weighted by Gasteiger charge is -2.30. The van der Waals surface area contributed by atoms with Gasteiger partial charge in [0.05, 0.1) is 7.11 Å². The molecule has 2 saturated carbocycles. The number of Topliss-reactive ketones (excluding diaryl/α,β-unsaturated/α-hetero) is 1. The average molecular weight is 196 g/mol. The van der Waals surface area contributed by atoms with E-state index in [1.54, 1.807) is 0 Å². The van der Waals surface area contributed by atoms with Gasteiger partial charge in [0, 0.05) is 6.42 Å². The highest BCUT2D eigenvalue weighted by Crippen LogP contribution is 2.44. The molecule has 0 aromatic carbocycles. The minimum atomic E-state index is -0.443. The molecular weight excluding hydrogens is 180 g/mol. The van der Waals surface area contributed by atoms with Crippen LogP contribution in [0.4, 0.5) is 0 Å². The van der Waals surface area contributed by atoms with Gasteiger partial charge in [-0.1, -0.05) is 12.8 Å². The van der Waals surface area contributed by atoms with E-state index >= 15 is 0 Å². The van der Waals surface area contributed by atoms with Crippen LogP contribution in [0.2, 0.25) is 0 Å². The second-order valence-electron chi connectivity index (χ2n) is 4.36. The van der Waals surface area contributed by atoms with E-state index < -0.39 is 5.92 Å². The summed E-state index contributed by atoms with van der Waals surface area (Å²) in [6.07, 6.45) is 4.93. The highest BCUT2D eigenvalue weighted by molar-refractivity contribution is 5.99. The lowest BCUT2D eigenvalue weighted by molar-refractivity contribution is -0.154. The van der Waals surface area contributed by atoms with Crippen LogP contribution in [0.1, 0.15) is 32.1 Å². The summed E-state index contributed by atoms with van der Waals surface area (Å²) in [5.74, 6) is 0.216. The van der Waals surface area contributed by atoms with Gasteiger partial charge in [0.1, 0.15) is 11.7 Å². The number of ketones is 1. The van der Waals surface area contributed by atoms with Gasteiger partial charge in [-0.15, -0.1) is 0 Å². The molecule has 2 rings (SSSR count). The molecule has 3 heteroatoms. The fourth-order valence-corrected chi connectivity index (χ4v) is 3.02. The maximum atomic E-state index is 11.6. The summed E-state index contributed by atoms with van der Waals surface area (Å²) >= 11 is 0. The minimum Gasteiger partial charge on any atom is -0.468 e. The van der Waals surface area contributed by atoms with Crippen molar-refractivity contribution in [2.75, 3.05) is 7.11 Å². The summed E-state index contributed by atoms with van der Waals surface area (Å²) in [7, 11) is 1.37. The molecule has 0 radical (unpaired) electrons. The number of hydrogen-bond acceptors (Lipinski definition) is 3. The van der Waals surface area contributed by atoms with Crippen LogP contribution in [-0.4, -0.2) is 18.9 Å². The molecule has 0 amide bonds. The second kappa shape index (κ2) is 3.71. The quantitative estimate of drug-likeness (QED) is 0.472. The first-order valence-corrected chi connectivity index (χ1v) is 5.34. The molecule has 0 heterocycles. The van der Waals surface area contributed by atoms with Crippen LogP contribution in [0, 0.1) is 17.8 Å². The van der Waals surface area contributed by atoms with Gasteiger partial charge in [0.15, 0.2) is 0 Å². The van der Waals surface area contributed by atoms with Crippen LogP contribution in [0.5, 0.6) is 0 Å². The Bertz CT molecular complexity index is 251. The van der Waals surface area contributed by atoms with E-state index in [0.717, 1.165) is 19.3 Å². The zero-order valence-electron chi connectivity index (χ0n) is 8.49. The van der Waals surface area contributed by atoms with Crippen molar-refractivity contribution in [1.29, 1.82) is 0 Å². The SMILES string of the molecule is COC(=O)C1C(=O)CCC2CCCC21. The van der Waals surface area contributed by atoms with E-state index in [1.807, 2.05) is 0 Å². The Kier molecular flexibility index (Phi) is 2.57. The van der Waals surface area contributed by atoms with Crippen LogP contribution in [0.3, 0.4) is 0 Å². The van der Waals surface area contributed by atoms with Crippen molar-refractivity contribution in [2.24, 2.45) is 17.8 Å². The van der Waals surface area contributed by atoms with Crippen molar-refractivity contribution in [2.45, 2.75) is 32.1 Å². The van der Waals surface area contributed by atoms with Crippen molar-refractivity contribution >= 4 is 11.8 Å². The summed E-state index contributed by atoms with van der Waals surface area (Å²) < 4.78 is 4.71. The molecule has 0 saturated heterocycles. The van der Waals surface area contributed by atoms with Crippen molar-refractivity contribution in [1.82, 2.24) is 0 Å². The van der Waals surface area contributed by atoms with Gasteiger partial charge in [-0.2, -0.15) is 0 Å². The van der Waals surface area contributed by atoms with E-state index in [4.69, 9.17) is 4.74 Å². The number of fused-ring (bicyclic) bond motifs is 1. The van der Waals surface area contributed by atoms with Crippen LogP contribution in [-0.2, 0) is 14.3 Å². The first-order valence-electron chi connectivity index (χ1n) is 5.34. The molecule has 3 nitrogen and oxygen atoms in total. The highest BCUT2D eigenvalue weighted by Gasteiger charge is 2.45. The number of rotatable bonds is 1. The predicted octanol–water partition coefficient (Wildman–Crippen LogP) is 1.55. The largest absolute Gasteiger partial charge is 0.468 e. The fourth-order valence-electron chi connectivity index (χ4n) is 3.02. The Morgan fingerprint density at radius 3 is 2.86 bits per heavy atom. The van der Waals surface area contributed by atoms with Crippen LogP contribution in [0.25, 0.3) is 0 Å². The van der Waals surface area contributed by atoms with E-state index in [9.17, 15) is 9.59 Å². The number of esters is 1. The number of methoxy groups -OCH3 is 1. The smallest absolute Gasteiger partial charge is 0.316 e. The van der Waals surface area contributed by atoms with E-state index in [1.165, 1.54) is 13.5 Å². The van der Waals surface area contributed by atoms with E-state index in [-0.39, 0.29) is 17.7 Å². The fraction of sp³-hybridized carbons (Fsp3) is 0.818. The molecule has 2 fully saturated rings. The molecule has 0 aromatic heterocycles. The van der Waals surface area contributed by atoms with Gasteiger partial charge >= 0.3 is 5.97 Å². The number of carbonyl (C=O) groups is 2. The summed E-state index contributed by atoms with van der Waals surface area (Å²) in [6.45, 7) is 0. The van der Waals surface area contributed by atoms with Crippen LogP contribution >= 0.6 is 0 Å². The summed E-state index contributed by atoms with van der Waals surface area (Å²) in [5.41, 5.74) is 0. The third kappa shape index (κ3) is 1.45. The molecule has 0 spiro atoms. The Hall–Kier alpha value is -0.860. The van der Waals surface area contributed by atoms with Crippen molar-refractivity contribution in [3.63, 3.8) is 0 Å². The van der Waals surface area contributed by atoms with Gasteiger partial charge in [-0.05, 0) is 24.7 Å². The Labute approximate surface area is 83.8 Å². The summed E-state index contributed by atoms with van der Waals surface area (Å²) in [5, 5.41) is 0. The number of carbonyl (C=O) groups excluding carboxylic acids is 2. The normalized spacial score (nSPS) is 36.6. The zero-order chi connectivity index (χ0) is 10.1. The molecule has 78 valence electrons. The molecule has 0 aromatic rings. The van der Waals surface area contributed by atoms with Crippen molar-refractivity contribution in [3.8, 4) is 0 Å². The maximum Gasteiger partial charge on any atom is 0.316 e. The Morgan fingerprint density at radius 1 is 1.36 bits per heavy atom. The molecule has 0 bridgehead atoms. The van der Waals surface area contributed by atoms with Gasteiger partial charge in [0.2, 0.25) is 0 Å². The lowest BCUT2D eigenvalue weighted by Crippen LogP contribution is -2.38. The third-order valence-electron chi connectivity index (χ3n) is 3.71. The standard InChI is InChI=1S/C11H16O3/c1-14-11(13)10-8-4-2-3-7(8)5-6-9(10)12/h7-8,10H,2-6H2,1H3. The number of ether oxygens (including phenoxy) is 1. The summed E-state index contributed by atoms with van der Waals surface area (Å²) in [6, 6.07) is 0. The van der Waals surface area contributed by atoms with Crippen LogP contribution < -0.4 is 0 Å². The molecule has 0 aliphatic heterocycles. The lowest BCUT2D eigenvalue weighted by atomic mass is 9.73. The Balaban J connectivity index is 2.17. The van der Waals surface area contributed by atoms with Crippen molar-refractivity contribution in [3.05, 3.63) is 0 Å². The second-order valence-corrected chi connectivity index (χ2v) is 4.36. The first kappa shape index (κ1) is 9.69. The molecule has 3 unspecified atom stereocenters. The van der Waals surface area contributed by atoms with Gasteiger partial charge in [-0.3, -0.25) is 9.59 Å². The third-order valence-corrected chi connectivity index (χ3v) is 3.71. The molecule has 14 heavy (non-hydrogen) atoms. The molecule has 0 N–H and O–H groups in total. The van der Waals surface area contributed by atoms with E-state index in [2.05, 4.69) is 0 Å². The molecule has 3 atom stereocenters. The van der Waals surface area contributed by atoms with E-state index in [0.29, 0.717) is 12.3 Å². The molecule has 2 aliphatic rings. The Morgan fingerprint density at radius 2 is 2.14 bits per heavy atom. The van der Waals surface area contributed by atoms with Gasteiger partial charge < -0.3 is 4.74 Å². The topological polar surface area (TPSA) is 43.4 Å². The first-order chi connectivity index (χ1) is 6.74. The zero-order valence-corrected chi connectivity index (χ0v) is 8.49. The minimum absolute atomic E-state index is 0.0972. The van der Waals surface area contributed by atoms with Crippen molar-refractivity contribution < 1.29 is 14.3 Å². The summed E-state index contributed by atoms with van der Waals surface area (Å²) in [4.78, 5) is 23.1. The highest BCUT2D eigenvalue weighted by atomic mass is 16.5. The predicted molar refractivity (Wildman–Crippen MR) is 50.6 cm³/mol. The molecule has 2 aliphatic carbocycles. The van der Waals surface area contributed by atoms with Crippen LogP contribution in [0.15, 0.2) is 0 Å². The van der Waals surface area contributed by atoms with Gasteiger partial charge in [-0.25, -0.2) is 0 Å². The number of hydrogen-bond donors (Lipinski definition) is 0. The monoisotopic (exact) mass is 196 g/mol. The maximum absolute atomic E-state index is 11.6. The van der Waals surface area contributed by atoms with Gasteiger partial charge in [0.25, 0.3) is 0 Å². The average Bonchev–Trinajstić information content (AvgIpc) is 2.64.